The van der Waals surface area contributed by atoms with Gasteiger partial charge in [-0.15, -0.1) is 0 Å². The van der Waals surface area contributed by atoms with Gasteiger partial charge >= 0.3 is 0 Å². The van der Waals surface area contributed by atoms with Gasteiger partial charge in [0, 0.05) is 40.7 Å². The molecule has 0 unspecified atom stereocenters. The molecular weight excluding hydrogens is 324 g/mol. The van der Waals surface area contributed by atoms with Crippen molar-refractivity contribution >= 4 is 23.2 Å². The van der Waals surface area contributed by atoms with Crippen molar-refractivity contribution in [3.05, 3.63) is 46.5 Å². The van der Waals surface area contributed by atoms with Crippen LogP contribution in [0.15, 0.2) is 44.6 Å². The molecule has 0 aromatic carbocycles. The Balaban J connectivity index is 1.96. The molecule has 7 heteroatoms. The van der Waals surface area contributed by atoms with Gasteiger partial charge in [-0.2, -0.15) is 11.3 Å². The third kappa shape index (κ3) is 5.73. The van der Waals surface area contributed by atoms with Gasteiger partial charge in [-0.1, -0.05) is 0 Å². The molecule has 2 rings (SSSR count). The van der Waals surface area contributed by atoms with Crippen molar-refractivity contribution < 1.29 is 9.21 Å². The minimum Gasteiger partial charge on any atom is -0.469 e. The molecule has 6 nitrogen and oxygen atoms in total. The Morgan fingerprint density at radius 1 is 1.33 bits per heavy atom. The van der Waals surface area contributed by atoms with E-state index in [9.17, 15) is 4.79 Å². The van der Waals surface area contributed by atoms with Gasteiger partial charge in [-0.3, -0.25) is 4.79 Å². The van der Waals surface area contributed by atoms with E-state index >= 15 is 0 Å². The van der Waals surface area contributed by atoms with E-state index in [4.69, 9.17) is 4.42 Å². The molecule has 2 aromatic heterocycles. The third-order valence-corrected chi connectivity index (χ3v) is 4.19. The minimum atomic E-state index is -0.0238. The lowest BCUT2D eigenvalue weighted by Gasteiger charge is -2.22. The van der Waals surface area contributed by atoms with Gasteiger partial charge < -0.3 is 19.5 Å². The smallest absolute Gasteiger partial charge is 0.243 e. The van der Waals surface area contributed by atoms with Crippen LogP contribution in [0.3, 0.4) is 0 Å². The first kappa shape index (κ1) is 18.1. The van der Waals surface area contributed by atoms with Crippen molar-refractivity contribution in [1.82, 2.24) is 15.1 Å². The van der Waals surface area contributed by atoms with Crippen LogP contribution in [0.25, 0.3) is 0 Å². The molecule has 0 radical (unpaired) electrons. The maximum Gasteiger partial charge on any atom is 0.243 e. The molecule has 130 valence electrons. The molecule has 0 fully saturated rings. The van der Waals surface area contributed by atoms with Crippen molar-refractivity contribution in [2.24, 2.45) is 4.99 Å². The predicted octanol–water partition coefficient (Wildman–Crippen LogP) is 2.05. The van der Waals surface area contributed by atoms with Gasteiger partial charge in [0.2, 0.25) is 5.91 Å². The van der Waals surface area contributed by atoms with Gasteiger partial charge in [0.05, 0.1) is 6.26 Å². The highest BCUT2D eigenvalue weighted by molar-refractivity contribution is 7.07. The molecule has 2 heterocycles. The molecule has 0 aliphatic rings. The molecule has 0 aliphatic heterocycles. The first-order chi connectivity index (χ1) is 11.6. The lowest BCUT2D eigenvalue weighted by Crippen LogP contribution is -2.40. The first-order valence-corrected chi connectivity index (χ1v) is 8.73. The number of furan rings is 1. The molecule has 2 aromatic rings. The molecule has 1 N–H and O–H groups in total. The van der Waals surface area contributed by atoms with Crippen LogP contribution < -0.4 is 5.32 Å². The summed E-state index contributed by atoms with van der Waals surface area (Å²) in [5.74, 6) is 1.61. The second-order valence-electron chi connectivity index (χ2n) is 5.67. The average molecular weight is 348 g/mol. The molecule has 0 aliphatic carbocycles. The molecule has 24 heavy (non-hydrogen) atoms. The Morgan fingerprint density at radius 3 is 2.79 bits per heavy atom. The van der Waals surface area contributed by atoms with Crippen LogP contribution in [0.4, 0.5) is 0 Å². The second kappa shape index (κ2) is 9.12. The van der Waals surface area contributed by atoms with Crippen molar-refractivity contribution in [2.75, 3.05) is 34.2 Å². The molecule has 0 atom stereocenters. The van der Waals surface area contributed by atoms with E-state index in [0.29, 0.717) is 12.5 Å². The minimum absolute atomic E-state index is 0.0238. The summed E-state index contributed by atoms with van der Waals surface area (Å²) in [6.45, 7) is 1.56. The molecular formula is C17H24N4O2S. The van der Waals surface area contributed by atoms with Gasteiger partial charge in [0.1, 0.15) is 12.3 Å². The van der Waals surface area contributed by atoms with E-state index in [2.05, 4.69) is 27.1 Å². The van der Waals surface area contributed by atoms with Crippen LogP contribution >= 0.6 is 11.3 Å². The average Bonchev–Trinajstić information content (AvgIpc) is 3.23. The fraction of sp³-hybridized carbons (Fsp3) is 0.412. The van der Waals surface area contributed by atoms with Crippen LogP contribution in [-0.4, -0.2) is 55.9 Å². The molecule has 0 saturated heterocycles. The second-order valence-corrected chi connectivity index (χ2v) is 6.45. The van der Waals surface area contributed by atoms with Crippen LogP contribution in [0, 0.1) is 0 Å². The quantitative estimate of drug-likeness (QED) is 0.614. The van der Waals surface area contributed by atoms with E-state index in [1.807, 2.05) is 24.1 Å². The Kier molecular flexibility index (Phi) is 6.87. The summed E-state index contributed by atoms with van der Waals surface area (Å²) in [6, 6.07) is 5.92. The zero-order valence-electron chi connectivity index (χ0n) is 14.4. The van der Waals surface area contributed by atoms with Gasteiger partial charge in [-0.25, -0.2) is 4.99 Å². The maximum atomic E-state index is 11.8. The van der Waals surface area contributed by atoms with E-state index in [1.165, 1.54) is 5.56 Å². The van der Waals surface area contributed by atoms with Crippen molar-refractivity contribution in [3.63, 3.8) is 0 Å². The molecule has 0 bridgehead atoms. The number of nitrogens with one attached hydrogen (secondary N) is 1. The number of aliphatic imine (C=N–C) groups is 1. The zero-order chi connectivity index (χ0) is 17.4. The fourth-order valence-corrected chi connectivity index (χ4v) is 2.74. The van der Waals surface area contributed by atoms with Gasteiger partial charge in [0.15, 0.2) is 5.96 Å². The largest absolute Gasteiger partial charge is 0.469 e. The number of amides is 1. The van der Waals surface area contributed by atoms with E-state index in [-0.39, 0.29) is 12.5 Å². The summed E-state index contributed by atoms with van der Waals surface area (Å²) in [4.78, 5) is 19.8. The predicted molar refractivity (Wildman–Crippen MR) is 97.2 cm³/mol. The summed E-state index contributed by atoms with van der Waals surface area (Å²) in [7, 11) is 5.43. The van der Waals surface area contributed by atoms with Crippen LogP contribution in [-0.2, 0) is 17.8 Å². The lowest BCUT2D eigenvalue weighted by atomic mass is 10.3. The van der Waals surface area contributed by atoms with Gasteiger partial charge in [-0.05, 0) is 34.5 Å². The number of hydrogen-bond donors (Lipinski definition) is 1. The normalized spacial score (nSPS) is 11.4. The van der Waals surface area contributed by atoms with E-state index in [0.717, 1.165) is 18.7 Å². The van der Waals surface area contributed by atoms with Crippen molar-refractivity contribution in [1.29, 1.82) is 0 Å². The molecule has 1 amide bonds. The highest BCUT2D eigenvalue weighted by Crippen LogP contribution is 2.08. The van der Waals surface area contributed by atoms with Crippen LogP contribution in [0.2, 0.25) is 0 Å². The number of hydrogen-bond acceptors (Lipinski definition) is 4. The monoisotopic (exact) mass is 348 g/mol. The third-order valence-electron chi connectivity index (χ3n) is 3.46. The summed E-state index contributed by atoms with van der Waals surface area (Å²) in [6.07, 6.45) is 2.43. The number of carbonyl (C=O) groups is 1. The van der Waals surface area contributed by atoms with Crippen molar-refractivity contribution in [2.45, 2.75) is 13.0 Å². The summed E-state index contributed by atoms with van der Waals surface area (Å²) >= 11 is 1.67. The first-order valence-electron chi connectivity index (χ1n) is 7.79. The molecule has 0 saturated carbocycles. The number of likely N-dealkylation sites (N-methyl/N-ethyl adjacent to an activating group) is 1. The SMILES string of the molecule is CN(C)C(=O)CN=C(NCCc1ccco1)N(C)Cc1ccsc1. The highest BCUT2D eigenvalue weighted by atomic mass is 32.1. The number of rotatable bonds is 7. The number of nitrogens with zero attached hydrogens (tertiary/aromatic N) is 3. The maximum absolute atomic E-state index is 11.8. The lowest BCUT2D eigenvalue weighted by molar-refractivity contribution is -0.127. The van der Waals surface area contributed by atoms with Crippen LogP contribution in [0.5, 0.6) is 0 Å². The molecule has 0 spiro atoms. The Bertz CT molecular complexity index is 636. The van der Waals surface area contributed by atoms with E-state index < -0.39 is 0 Å². The highest BCUT2D eigenvalue weighted by Gasteiger charge is 2.10. The topological polar surface area (TPSA) is 61.1 Å². The number of carbonyl (C=O) groups excluding carboxylic acids is 1. The standard InChI is InChI=1S/C17H24N4O2S/c1-20(2)16(22)11-19-17(18-8-6-15-5-4-9-23-15)21(3)12-14-7-10-24-13-14/h4-5,7,9-10,13H,6,8,11-12H2,1-3H3,(H,18,19). The Labute approximate surface area is 146 Å². The Hall–Kier alpha value is -2.28. The summed E-state index contributed by atoms with van der Waals surface area (Å²) in [5, 5.41) is 7.48. The zero-order valence-corrected chi connectivity index (χ0v) is 15.2. The number of guanidine groups is 1. The fourth-order valence-electron chi connectivity index (χ4n) is 2.08. The van der Waals surface area contributed by atoms with Gasteiger partial charge in [0.25, 0.3) is 0 Å². The summed E-state index contributed by atoms with van der Waals surface area (Å²) < 4.78 is 5.34. The number of thiophene rings is 1. The Morgan fingerprint density at radius 2 is 2.17 bits per heavy atom. The van der Waals surface area contributed by atoms with Crippen LogP contribution in [0.1, 0.15) is 11.3 Å². The van der Waals surface area contributed by atoms with Crippen molar-refractivity contribution in [3.8, 4) is 0 Å². The van der Waals surface area contributed by atoms with E-state index in [1.54, 1.807) is 36.6 Å². The summed E-state index contributed by atoms with van der Waals surface area (Å²) in [5.41, 5.74) is 1.22.